The van der Waals surface area contributed by atoms with E-state index in [1.165, 1.54) is 6.07 Å². The number of carbonyl (C=O) groups is 2. The van der Waals surface area contributed by atoms with Crippen LogP contribution < -0.4 is 35.7 Å². The lowest BCUT2D eigenvalue weighted by Crippen LogP contribution is -2.17. The number of nitrogens with one attached hydrogen (secondary N) is 4. The van der Waals surface area contributed by atoms with Gasteiger partial charge in [0.05, 0.1) is 12.2 Å². The lowest BCUT2D eigenvalue weighted by molar-refractivity contribution is -0.139. The van der Waals surface area contributed by atoms with Crippen LogP contribution in [0.15, 0.2) is 54.6 Å². The topological polar surface area (TPSA) is 185 Å². The summed E-state index contributed by atoms with van der Waals surface area (Å²) in [5, 5.41) is 28.6. The normalized spacial score (nSPS) is 10.5. The van der Waals surface area contributed by atoms with E-state index in [1.54, 1.807) is 42.5 Å². The molecule has 0 spiro atoms. The molecule has 3 rings (SSSR count). The van der Waals surface area contributed by atoms with Crippen molar-refractivity contribution in [2.45, 2.75) is 20.0 Å². The molecule has 0 bridgehead atoms. The highest BCUT2D eigenvalue weighted by Crippen LogP contribution is 2.34. The lowest BCUT2D eigenvalue weighted by atomic mass is 10.1. The minimum absolute atomic E-state index is 0.0740. The number of rotatable bonds is 14. The van der Waals surface area contributed by atoms with E-state index >= 15 is 0 Å². The van der Waals surface area contributed by atoms with Crippen molar-refractivity contribution in [2.75, 3.05) is 23.8 Å². The van der Waals surface area contributed by atoms with Crippen molar-refractivity contribution in [3.05, 3.63) is 81.9 Å². The van der Waals surface area contributed by atoms with Gasteiger partial charge in [0.1, 0.15) is 5.84 Å². The van der Waals surface area contributed by atoms with Crippen LogP contribution in [0, 0.1) is 5.41 Å². The fourth-order valence-corrected chi connectivity index (χ4v) is 4.04. The first-order chi connectivity index (χ1) is 18.7. The molecule has 0 saturated heterocycles. The van der Waals surface area contributed by atoms with Gasteiger partial charge in [0.2, 0.25) is 0 Å². The first kappa shape index (κ1) is 29.6. The zero-order chi connectivity index (χ0) is 28.4. The second-order valence-electron chi connectivity index (χ2n) is 8.13. The Morgan fingerprint density at radius 2 is 1.82 bits per heavy atom. The predicted octanol–water partition coefficient (Wildman–Crippen LogP) is 3.96. The molecule has 0 fully saturated rings. The maximum Gasteiger partial charge on any atom is 0.341 e. The number of amidine groups is 1. The number of anilines is 2. The average Bonchev–Trinajstić information content (AvgIpc) is 2.90. The lowest BCUT2D eigenvalue weighted by Gasteiger charge is -2.19. The van der Waals surface area contributed by atoms with Gasteiger partial charge in [0.25, 0.3) is 5.91 Å². The highest BCUT2D eigenvalue weighted by molar-refractivity contribution is 7.95. The molecule has 0 heterocycles. The number of carboxylic acids is 1. The molecule has 0 aliphatic carbocycles. The third kappa shape index (κ3) is 8.52. The average molecular weight is 573 g/mol. The molecule has 206 valence electrons. The Morgan fingerprint density at radius 1 is 1.08 bits per heavy atom. The molecule has 3 aromatic rings. The maximum absolute atomic E-state index is 13.2. The molecule has 0 aromatic heterocycles. The second-order valence-corrected chi connectivity index (χ2v) is 9.09. The Morgan fingerprint density at radius 3 is 2.46 bits per heavy atom. The van der Waals surface area contributed by atoms with Gasteiger partial charge >= 0.3 is 5.97 Å². The van der Waals surface area contributed by atoms with Gasteiger partial charge in [-0.3, -0.25) is 15.3 Å². The van der Waals surface area contributed by atoms with Gasteiger partial charge in [-0.25, -0.2) is 9.52 Å². The van der Waals surface area contributed by atoms with E-state index in [9.17, 15) is 14.7 Å². The van der Waals surface area contributed by atoms with E-state index < -0.39 is 18.5 Å². The van der Waals surface area contributed by atoms with E-state index in [0.717, 1.165) is 17.7 Å². The van der Waals surface area contributed by atoms with Crippen molar-refractivity contribution in [2.24, 2.45) is 10.9 Å². The molecule has 0 saturated carbocycles. The van der Waals surface area contributed by atoms with E-state index in [0.29, 0.717) is 46.4 Å². The summed E-state index contributed by atoms with van der Waals surface area (Å²) in [5.74, 6) is -0.947. The third-order valence-electron chi connectivity index (χ3n) is 5.34. The monoisotopic (exact) mass is 572 g/mol. The number of aliphatic carboxylic acids is 1. The molecular formula is C26H29ClN6O5S. The number of hydrogen-bond acceptors (Lipinski definition) is 9. The molecule has 0 aliphatic heterocycles. The van der Waals surface area contributed by atoms with Gasteiger partial charge in [-0.1, -0.05) is 11.6 Å². The van der Waals surface area contributed by atoms with Crippen LogP contribution in [0.3, 0.4) is 0 Å². The number of ether oxygens (including phenoxy) is 2. The van der Waals surface area contributed by atoms with Crippen LogP contribution in [-0.4, -0.2) is 36.0 Å². The van der Waals surface area contributed by atoms with Crippen molar-refractivity contribution in [3.8, 4) is 11.5 Å². The molecule has 11 nitrogen and oxygen atoms in total. The van der Waals surface area contributed by atoms with Crippen LogP contribution in [0.5, 0.6) is 11.5 Å². The minimum atomic E-state index is -1.13. The smallest absolute Gasteiger partial charge is 0.341 e. The summed E-state index contributed by atoms with van der Waals surface area (Å²) in [7, 11) is 0. The van der Waals surface area contributed by atoms with Gasteiger partial charge in [-0.05, 0) is 67.1 Å². The summed E-state index contributed by atoms with van der Waals surface area (Å²) in [5.41, 5.74) is 8.76. The highest BCUT2D eigenvalue weighted by atomic mass is 35.5. The largest absolute Gasteiger partial charge is 0.490 e. The number of nitrogen functional groups attached to an aromatic ring is 1. The van der Waals surface area contributed by atoms with Crippen molar-refractivity contribution >= 4 is 52.8 Å². The van der Waals surface area contributed by atoms with Gasteiger partial charge < -0.3 is 30.9 Å². The molecule has 9 N–H and O–H groups in total. The molecule has 0 radical (unpaired) electrons. The predicted molar refractivity (Wildman–Crippen MR) is 154 cm³/mol. The molecule has 0 unspecified atom stereocenters. The fraction of sp³-hybridized carbons (Fsp3) is 0.192. The number of carboxylic acid groups (broad SMARTS) is 1. The molecule has 0 atom stereocenters. The summed E-state index contributed by atoms with van der Waals surface area (Å²) in [6, 6.07) is 15.0. The van der Waals surface area contributed by atoms with Crippen LogP contribution in [0.1, 0.15) is 34.0 Å². The summed E-state index contributed by atoms with van der Waals surface area (Å²) in [4.78, 5) is 24.4. The molecule has 1 amide bonds. The molecule has 13 heteroatoms. The molecule has 0 aliphatic rings. The van der Waals surface area contributed by atoms with Gasteiger partial charge in [-0.15, -0.1) is 0 Å². The molecule has 3 aromatic carbocycles. The Labute approximate surface area is 235 Å². The fourth-order valence-electron chi connectivity index (χ4n) is 3.62. The van der Waals surface area contributed by atoms with Crippen molar-refractivity contribution in [3.63, 3.8) is 0 Å². The number of hydrogen-bond donors (Lipinski definition) is 7. The summed E-state index contributed by atoms with van der Waals surface area (Å²) in [6.07, 6.45) is 0. The highest BCUT2D eigenvalue weighted by Gasteiger charge is 2.18. The Hall–Kier alpha value is -3.97. The summed E-state index contributed by atoms with van der Waals surface area (Å²) in [6.45, 7) is 2.19. The molecular weight excluding hydrogens is 544 g/mol. The van der Waals surface area contributed by atoms with E-state index in [2.05, 4.69) is 15.4 Å². The second kappa shape index (κ2) is 14.3. The number of halogens is 1. The Balaban J connectivity index is 1.90. The van der Waals surface area contributed by atoms with Gasteiger partial charge in [0.15, 0.2) is 18.1 Å². The summed E-state index contributed by atoms with van der Waals surface area (Å²) >= 11 is 7.17. The number of amides is 1. The first-order valence-corrected chi connectivity index (χ1v) is 13.0. The van der Waals surface area contributed by atoms with Crippen molar-refractivity contribution in [1.29, 1.82) is 5.41 Å². The van der Waals surface area contributed by atoms with Crippen molar-refractivity contribution < 1.29 is 24.2 Å². The van der Waals surface area contributed by atoms with Gasteiger partial charge in [-0.2, -0.15) is 0 Å². The number of nitrogens with two attached hydrogens (primary N) is 2. The summed E-state index contributed by atoms with van der Waals surface area (Å²) < 4.78 is 14.3. The van der Waals surface area contributed by atoms with Crippen LogP contribution in [0.25, 0.3) is 0 Å². The maximum atomic E-state index is 13.2. The number of benzene rings is 3. The van der Waals surface area contributed by atoms with Crippen LogP contribution in [0.4, 0.5) is 11.4 Å². The standard InChI is InChI=1S/C26H29ClN6O5S/c1-2-37-22-10-15(12-32-39-30)9-17(24(22)38-14-23(34)35)13-31-21-8-5-18(27)11-20(21)26(36)33-19-6-3-16(4-7-19)25(28)29/h3-11,31-32H,2,12-14,30H2,1H3,(H3,28,29)(H,33,36)(H,34,35). The quantitative estimate of drug-likeness (QED) is 0.0846. The zero-order valence-electron chi connectivity index (χ0n) is 21.0. The third-order valence-corrected chi connectivity index (χ3v) is 5.89. The first-order valence-electron chi connectivity index (χ1n) is 11.7. The van der Waals surface area contributed by atoms with E-state index in [4.69, 9.17) is 37.4 Å². The number of carbonyl (C=O) groups excluding carboxylic acids is 1. The van der Waals surface area contributed by atoms with E-state index in [1.807, 2.05) is 13.0 Å². The van der Waals surface area contributed by atoms with Crippen LogP contribution >= 0.6 is 23.7 Å². The minimum Gasteiger partial charge on any atom is -0.490 e. The van der Waals surface area contributed by atoms with Crippen molar-refractivity contribution in [1.82, 2.24) is 4.72 Å². The van der Waals surface area contributed by atoms with E-state index in [-0.39, 0.29) is 23.7 Å². The SMILES string of the molecule is CCOc1cc(CNSN)cc(CNc2ccc(Cl)cc2C(=O)Nc2ccc(C(=N)N)cc2)c1OCC(=O)O. The van der Waals surface area contributed by atoms with Gasteiger partial charge in [0, 0.05) is 52.7 Å². The molecule has 39 heavy (non-hydrogen) atoms. The zero-order valence-corrected chi connectivity index (χ0v) is 22.6. The van der Waals surface area contributed by atoms with Crippen LogP contribution in [0.2, 0.25) is 5.02 Å². The Bertz CT molecular complexity index is 1340. The van der Waals surface area contributed by atoms with Crippen LogP contribution in [-0.2, 0) is 17.9 Å². The Kier molecular flexibility index (Phi) is 10.8.